The van der Waals surface area contributed by atoms with Crippen LogP contribution in [0.2, 0.25) is 0 Å². The van der Waals surface area contributed by atoms with Crippen LogP contribution in [0.15, 0.2) is 82.8 Å². The summed E-state index contributed by atoms with van der Waals surface area (Å²) in [5.74, 6) is 0.00579. The van der Waals surface area contributed by atoms with Gasteiger partial charge in [0.25, 0.3) is 5.56 Å². The molecule has 0 saturated heterocycles. The highest BCUT2D eigenvalue weighted by atomic mass is 32.2. The Kier molecular flexibility index (Phi) is 5.11. The van der Waals surface area contributed by atoms with Gasteiger partial charge < -0.3 is 10.7 Å². The number of aromatic nitrogens is 2. The number of carbonyl (C=O) groups excluding carboxylic acids is 1. The maximum Gasteiger partial charge on any atom is 0.253 e. The molecule has 0 bridgehead atoms. The third-order valence-electron chi connectivity index (χ3n) is 3.33. The molecule has 5 nitrogen and oxygen atoms in total. The molecule has 124 valence electrons. The summed E-state index contributed by atoms with van der Waals surface area (Å²) < 4.78 is 0. The van der Waals surface area contributed by atoms with Gasteiger partial charge in [0.15, 0.2) is 10.9 Å². The third-order valence-corrected chi connectivity index (χ3v) is 4.29. The molecular weight excluding hydrogens is 334 g/mol. The summed E-state index contributed by atoms with van der Waals surface area (Å²) in [7, 11) is 0. The van der Waals surface area contributed by atoms with Gasteiger partial charge in [-0.15, -0.1) is 0 Å². The largest absolute Gasteiger partial charge is 0.383 e. The summed E-state index contributed by atoms with van der Waals surface area (Å²) in [5, 5.41) is 0.334. The minimum absolute atomic E-state index is 0.127. The van der Waals surface area contributed by atoms with Gasteiger partial charge in [-0.1, -0.05) is 72.4 Å². The van der Waals surface area contributed by atoms with E-state index in [1.54, 1.807) is 18.2 Å². The molecule has 0 atom stereocenters. The highest BCUT2D eigenvalue weighted by Gasteiger charge is 2.11. The topological polar surface area (TPSA) is 88.8 Å². The fourth-order valence-electron chi connectivity index (χ4n) is 2.18. The van der Waals surface area contributed by atoms with E-state index in [2.05, 4.69) is 9.97 Å². The molecule has 25 heavy (non-hydrogen) atoms. The lowest BCUT2D eigenvalue weighted by molar-refractivity contribution is 0.104. The van der Waals surface area contributed by atoms with Crippen molar-refractivity contribution >= 4 is 28.3 Å². The van der Waals surface area contributed by atoms with Crippen molar-refractivity contribution in [1.82, 2.24) is 9.97 Å². The average molecular weight is 349 g/mol. The van der Waals surface area contributed by atoms with E-state index in [0.717, 1.165) is 5.56 Å². The summed E-state index contributed by atoms with van der Waals surface area (Å²) >= 11 is 1.19. The van der Waals surface area contributed by atoms with Crippen molar-refractivity contribution in [3.8, 4) is 0 Å². The molecule has 0 unspecified atom stereocenters. The highest BCUT2D eigenvalue weighted by Crippen LogP contribution is 2.32. The number of allylic oxidation sites excluding steroid dienone is 1. The normalized spacial score (nSPS) is 11.3. The smallest absolute Gasteiger partial charge is 0.253 e. The lowest BCUT2D eigenvalue weighted by atomic mass is 10.1. The van der Waals surface area contributed by atoms with E-state index < -0.39 is 0 Å². The Labute approximate surface area is 148 Å². The van der Waals surface area contributed by atoms with Crippen LogP contribution in [0.1, 0.15) is 15.9 Å². The number of thioether (sulfide) groups is 1. The van der Waals surface area contributed by atoms with Gasteiger partial charge in [0, 0.05) is 22.6 Å². The Hall–Kier alpha value is -3.12. The molecular formula is C19H15N3O2S. The summed E-state index contributed by atoms with van der Waals surface area (Å²) in [6.07, 6.45) is 1.54. The lowest BCUT2D eigenvalue weighted by Gasteiger charge is -2.07. The van der Waals surface area contributed by atoms with Crippen molar-refractivity contribution in [2.45, 2.75) is 5.16 Å². The van der Waals surface area contributed by atoms with Crippen LogP contribution in [0.5, 0.6) is 0 Å². The molecule has 6 heteroatoms. The van der Waals surface area contributed by atoms with Gasteiger partial charge in [0.2, 0.25) is 0 Å². The zero-order chi connectivity index (χ0) is 17.6. The van der Waals surface area contributed by atoms with Crippen LogP contribution >= 0.6 is 11.8 Å². The van der Waals surface area contributed by atoms with Gasteiger partial charge in [-0.05, 0) is 5.56 Å². The zero-order valence-corrected chi connectivity index (χ0v) is 14.0. The molecule has 0 fully saturated rings. The number of carbonyl (C=O) groups is 1. The fourth-order valence-corrected chi connectivity index (χ4v) is 3.12. The molecule has 1 aromatic heterocycles. The Morgan fingerprint density at radius 1 is 1.00 bits per heavy atom. The molecule has 0 radical (unpaired) electrons. The predicted octanol–water partition coefficient (Wildman–Crippen LogP) is 3.37. The number of hydrogen-bond acceptors (Lipinski definition) is 5. The molecule has 0 amide bonds. The van der Waals surface area contributed by atoms with Crippen molar-refractivity contribution in [1.29, 1.82) is 0 Å². The number of nitrogen functional groups attached to an aromatic ring is 1. The molecule has 0 aliphatic rings. The van der Waals surface area contributed by atoms with E-state index >= 15 is 0 Å². The SMILES string of the molecule is Nc1cc(=O)[nH]c(S/C(=C/C(=O)c2ccccc2)c2ccccc2)n1. The first kappa shape index (κ1) is 16.7. The van der Waals surface area contributed by atoms with E-state index in [0.29, 0.717) is 15.6 Å². The van der Waals surface area contributed by atoms with Crippen molar-refractivity contribution in [3.05, 3.63) is 94.3 Å². The Balaban J connectivity index is 2.00. The monoisotopic (exact) mass is 349 g/mol. The quantitative estimate of drug-likeness (QED) is 0.319. The van der Waals surface area contributed by atoms with Gasteiger partial charge in [-0.2, -0.15) is 0 Å². The van der Waals surface area contributed by atoms with Gasteiger partial charge in [-0.3, -0.25) is 9.59 Å². The van der Waals surface area contributed by atoms with Crippen LogP contribution in [0.3, 0.4) is 0 Å². The molecule has 0 aliphatic carbocycles. The number of H-pyrrole nitrogens is 1. The fraction of sp³-hybridized carbons (Fsp3) is 0. The number of nitrogens with zero attached hydrogens (tertiary/aromatic N) is 1. The van der Waals surface area contributed by atoms with Crippen molar-refractivity contribution in [2.24, 2.45) is 0 Å². The standard InChI is InChI=1S/C19H15N3O2S/c20-17-12-18(24)22-19(21-17)25-16(14-9-5-2-6-10-14)11-15(23)13-7-3-1-4-8-13/h1-12H,(H3,20,21,22,24)/b16-11+. The van der Waals surface area contributed by atoms with Crippen molar-refractivity contribution < 1.29 is 4.79 Å². The molecule has 2 aromatic carbocycles. The van der Waals surface area contributed by atoms with Crippen molar-refractivity contribution in [3.63, 3.8) is 0 Å². The van der Waals surface area contributed by atoms with Gasteiger partial charge in [-0.25, -0.2) is 4.98 Å². The molecule has 3 aromatic rings. The average Bonchev–Trinajstić information content (AvgIpc) is 2.62. The number of nitrogens with two attached hydrogens (primary N) is 1. The van der Waals surface area contributed by atoms with Crippen LogP contribution in [0.25, 0.3) is 4.91 Å². The summed E-state index contributed by atoms with van der Waals surface area (Å²) in [6.45, 7) is 0. The van der Waals surface area contributed by atoms with Crippen molar-refractivity contribution in [2.75, 3.05) is 5.73 Å². The second kappa shape index (κ2) is 7.63. The van der Waals surface area contributed by atoms with Crippen LogP contribution < -0.4 is 11.3 Å². The number of anilines is 1. The third kappa shape index (κ3) is 4.45. The first-order valence-electron chi connectivity index (χ1n) is 7.53. The summed E-state index contributed by atoms with van der Waals surface area (Å²) in [5.41, 5.74) is 6.74. The van der Waals surface area contributed by atoms with Gasteiger partial charge >= 0.3 is 0 Å². The van der Waals surface area contributed by atoms with E-state index in [1.165, 1.54) is 17.8 Å². The van der Waals surface area contributed by atoms with Gasteiger partial charge in [0.05, 0.1) is 0 Å². The summed E-state index contributed by atoms with van der Waals surface area (Å²) in [4.78, 5) is 31.6. The number of nitrogens with one attached hydrogen (secondary N) is 1. The second-order valence-electron chi connectivity index (χ2n) is 5.18. The lowest BCUT2D eigenvalue weighted by Crippen LogP contribution is -2.09. The van der Waals surface area contributed by atoms with Crippen LogP contribution in [-0.2, 0) is 0 Å². The Bertz CT molecular complexity index is 967. The Morgan fingerprint density at radius 3 is 2.20 bits per heavy atom. The summed E-state index contributed by atoms with van der Waals surface area (Å²) in [6, 6.07) is 19.6. The minimum Gasteiger partial charge on any atom is -0.383 e. The Morgan fingerprint density at radius 2 is 1.60 bits per heavy atom. The molecule has 3 N–H and O–H groups in total. The number of rotatable bonds is 5. The van der Waals surface area contributed by atoms with E-state index in [1.807, 2.05) is 48.5 Å². The minimum atomic E-state index is -0.336. The molecule has 3 rings (SSSR count). The molecule has 0 saturated carbocycles. The molecule has 0 spiro atoms. The number of hydrogen-bond donors (Lipinski definition) is 2. The van der Waals surface area contributed by atoms with E-state index in [9.17, 15) is 9.59 Å². The number of aromatic amines is 1. The number of ketones is 1. The maximum absolute atomic E-state index is 12.5. The van der Waals surface area contributed by atoms with E-state index in [4.69, 9.17) is 5.73 Å². The van der Waals surface area contributed by atoms with Crippen LogP contribution in [0, 0.1) is 0 Å². The number of benzene rings is 2. The van der Waals surface area contributed by atoms with Crippen LogP contribution in [-0.4, -0.2) is 15.8 Å². The predicted molar refractivity (Wildman–Crippen MR) is 100 cm³/mol. The maximum atomic E-state index is 12.5. The van der Waals surface area contributed by atoms with Crippen LogP contribution in [0.4, 0.5) is 5.82 Å². The first-order valence-corrected chi connectivity index (χ1v) is 8.34. The molecule has 0 aliphatic heterocycles. The highest BCUT2D eigenvalue weighted by molar-refractivity contribution is 8.08. The van der Waals surface area contributed by atoms with Gasteiger partial charge in [0.1, 0.15) is 5.82 Å². The first-order chi connectivity index (χ1) is 12.1. The van der Waals surface area contributed by atoms with E-state index in [-0.39, 0.29) is 17.2 Å². The second-order valence-corrected chi connectivity index (χ2v) is 6.21. The zero-order valence-electron chi connectivity index (χ0n) is 13.2. The molecule has 1 heterocycles.